The number of hydrogen-bond donors (Lipinski definition) is 1. The Balaban J connectivity index is 1.81. The van der Waals surface area contributed by atoms with Gasteiger partial charge in [-0.15, -0.1) is 0 Å². The molecule has 0 saturated carbocycles. The SMILES string of the molecule is COCCC[C@@H]1C[C@]2(N=C(N)N(C)C2=O)c2cc(-c3cccc(C)c3C)ccc2O1. The summed E-state index contributed by atoms with van der Waals surface area (Å²) in [7, 11) is 3.37. The summed E-state index contributed by atoms with van der Waals surface area (Å²) < 4.78 is 11.5. The summed E-state index contributed by atoms with van der Waals surface area (Å²) in [4.78, 5) is 19.5. The number of ether oxygens (including phenoxy) is 2. The maximum Gasteiger partial charge on any atom is 0.261 e. The highest BCUT2D eigenvalue weighted by molar-refractivity contribution is 6.07. The lowest BCUT2D eigenvalue weighted by molar-refractivity contribution is -0.132. The van der Waals surface area contributed by atoms with Crippen LogP contribution in [0.15, 0.2) is 41.4 Å². The van der Waals surface area contributed by atoms with Crippen molar-refractivity contribution < 1.29 is 14.3 Å². The Hall–Kier alpha value is -2.86. The third kappa shape index (κ3) is 3.25. The maximum atomic E-state index is 13.4. The highest BCUT2D eigenvalue weighted by Crippen LogP contribution is 2.47. The summed E-state index contributed by atoms with van der Waals surface area (Å²) in [6, 6.07) is 12.3. The molecule has 2 aromatic carbocycles. The van der Waals surface area contributed by atoms with E-state index in [9.17, 15) is 4.79 Å². The van der Waals surface area contributed by atoms with E-state index in [2.05, 4.69) is 44.2 Å². The monoisotopic (exact) mass is 407 g/mol. The quantitative estimate of drug-likeness (QED) is 0.769. The van der Waals surface area contributed by atoms with Gasteiger partial charge in [-0.3, -0.25) is 9.69 Å². The Labute approximate surface area is 177 Å². The second kappa shape index (κ2) is 7.76. The molecular weight excluding hydrogens is 378 g/mol. The number of nitrogens with zero attached hydrogens (tertiary/aromatic N) is 2. The van der Waals surface area contributed by atoms with E-state index in [1.54, 1.807) is 14.2 Å². The zero-order valence-corrected chi connectivity index (χ0v) is 18.1. The van der Waals surface area contributed by atoms with Crippen molar-refractivity contribution in [2.75, 3.05) is 20.8 Å². The lowest BCUT2D eigenvalue weighted by Gasteiger charge is -2.37. The first-order valence-electron chi connectivity index (χ1n) is 10.4. The Bertz CT molecular complexity index is 1020. The molecule has 0 bridgehead atoms. The lowest BCUT2D eigenvalue weighted by Crippen LogP contribution is -2.45. The highest BCUT2D eigenvalue weighted by atomic mass is 16.5. The molecule has 0 aliphatic carbocycles. The number of aryl methyl sites for hydroxylation is 1. The molecule has 0 fully saturated rings. The first-order valence-corrected chi connectivity index (χ1v) is 10.4. The second-order valence-electron chi connectivity index (χ2n) is 8.23. The van der Waals surface area contributed by atoms with Crippen LogP contribution in [-0.2, 0) is 15.1 Å². The molecule has 0 saturated heterocycles. The summed E-state index contributed by atoms with van der Waals surface area (Å²) in [6.07, 6.45) is 2.01. The highest BCUT2D eigenvalue weighted by Gasteiger charge is 2.53. The number of nitrogens with two attached hydrogens (primary N) is 1. The van der Waals surface area contributed by atoms with Crippen LogP contribution in [0.1, 0.15) is 36.0 Å². The van der Waals surface area contributed by atoms with Gasteiger partial charge in [-0.1, -0.05) is 24.3 Å². The molecule has 2 N–H and O–H groups in total. The van der Waals surface area contributed by atoms with Crippen LogP contribution in [0, 0.1) is 13.8 Å². The van der Waals surface area contributed by atoms with E-state index in [0.29, 0.717) is 18.8 Å². The van der Waals surface area contributed by atoms with Crippen molar-refractivity contribution in [1.82, 2.24) is 4.90 Å². The molecule has 158 valence electrons. The molecule has 0 aromatic heterocycles. The van der Waals surface area contributed by atoms with Crippen LogP contribution in [0.25, 0.3) is 11.1 Å². The molecule has 30 heavy (non-hydrogen) atoms. The molecule has 0 unspecified atom stereocenters. The van der Waals surface area contributed by atoms with Crippen LogP contribution in [0.2, 0.25) is 0 Å². The number of carbonyl (C=O) groups is 1. The van der Waals surface area contributed by atoms with Gasteiger partial charge < -0.3 is 15.2 Å². The van der Waals surface area contributed by atoms with Gasteiger partial charge in [0.05, 0.1) is 0 Å². The van der Waals surface area contributed by atoms with Crippen LogP contribution in [0.5, 0.6) is 5.75 Å². The van der Waals surface area contributed by atoms with E-state index in [0.717, 1.165) is 29.5 Å². The second-order valence-corrected chi connectivity index (χ2v) is 8.23. The minimum absolute atomic E-state index is 0.0978. The molecule has 2 heterocycles. The number of guanidine groups is 1. The molecule has 4 rings (SSSR count). The molecule has 1 amide bonds. The lowest BCUT2D eigenvalue weighted by atomic mass is 9.79. The minimum atomic E-state index is -1.03. The van der Waals surface area contributed by atoms with Crippen molar-refractivity contribution in [3.05, 3.63) is 53.1 Å². The van der Waals surface area contributed by atoms with Gasteiger partial charge in [-0.2, -0.15) is 0 Å². The summed E-state index contributed by atoms with van der Waals surface area (Å²) >= 11 is 0. The number of benzene rings is 2. The van der Waals surface area contributed by atoms with Crippen molar-refractivity contribution in [2.24, 2.45) is 10.7 Å². The van der Waals surface area contributed by atoms with Gasteiger partial charge in [0, 0.05) is 32.7 Å². The molecule has 2 aliphatic heterocycles. The molecule has 1 spiro atoms. The fourth-order valence-corrected chi connectivity index (χ4v) is 4.47. The molecule has 6 heteroatoms. The Kier molecular flexibility index (Phi) is 5.28. The first kappa shape index (κ1) is 20.4. The van der Waals surface area contributed by atoms with E-state index < -0.39 is 5.54 Å². The fraction of sp³-hybridized carbons (Fsp3) is 0.417. The zero-order chi connectivity index (χ0) is 21.5. The topological polar surface area (TPSA) is 77.2 Å². The van der Waals surface area contributed by atoms with Crippen LogP contribution in [0.3, 0.4) is 0 Å². The predicted octanol–water partition coefficient (Wildman–Crippen LogP) is 3.53. The number of rotatable bonds is 5. The summed E-state index contributed by atoms with van der Waals surface area (Å²) in [5.41, 5.74) is 10.5. The van der Waals surface area contributed by atoms with Gasteiger partial charge in [0.25, 0.3) is 5.91 Å². The summed E-state index contributed by atoms with van der Waals surface area (Å²) in [6.45, 7) is 4.88. The summed E-state index contributed by atoms with van der Waals surface area (Å²) in [5, 5.41) is 0. The number of hydrogen-bond acceptors (Lipinski definition) is 5. The van der Waals surface area contributed by atoms with Crippen molar-refractivity contribution in [1.29, 1.82) is 0 Å². The first-order chi connectivity index (χ1) is 14.4. The van der Waals surface area contributed by atoms with Gasteiger partial charge >= 0.3 is 0 Å². The van der Waals surface area contributed by atoms with Crippen LogP contribution >= 0.6 is 0 Å². The third-order valence-corrected chi connectivity index (χ3v) is 6.34. The zero-order valence-electron chi connectivity index (χ0n) is 18.1. The van der Waals surface area contributed by atoms with Gasteiger partial charge in [0.2, 0.25) is 0 Å². The number of fused-ring (bicyclic) bond motifs is 2. The number of carbonyl (C=O) groups excluding carboxylic acids is 1. The van der Waals surface area contributed by atoms with Crippen molar-refractivity contribution in [3.63, 3.8) is 0 Å². The average molecular weight is 408 g/mol. The Morgan fingerprint density at radius 1 is 1.30 bits per heavy atom. The van der Waals surface area contributed by atoms with E-state index in [1.807, 2.05) is 6.07 Å². The van der Waals surface area contributed by atoms with Gasteiger partial charge in [0.1, 0.15) is 11.9 Å². The molecule has 6 nitrogen and oxygen atoms in total. The average Bonchev–Trinajstić information content (AvgIpc) is 2.94. The van der Waals surface area contributed by atoms with E-state index in [1.165, 1.54) is 16.0 Å². The third-order valence-electron chi connectivity index (χ3n) is 6.34. The van der Waals surface area contributed by atoms with E-state index in [4.69, 9.17) is 20.2 Å². The number of methoxy groups -OCH3 is 1. The Morgan fingerprint density at radius 3 is 2.80 bits per heavy atom. The van der Waals surface area contributed by atoms with Crippen molar-refractivity contribution >= 4 is 11.9 Å². The standard InChI is InChI=1S/C24H29N3O3/c1-15-7-5-9-19(16(15)2)17-10-11-21-20(13-17)24(22(28)27(3)23(25)26-24)14-18(30-21)8-6-12-29-4/h5,7,9-11,13,18H,6,8,12,14H2,1-4H3,(H2,25,26)/t18-,24+/m1/s1. The van der Waals surface area contributed by atoms with Gasteiger partial charge in [0.15, 0.2) is 11.5 Å². The molecular formula is C24H29N3O3. The van der Waals surface area contributed by atoms with E-state index in [-0.39, 0.29) is 18.0 Å². The maximum absolute atomic E-state index is 13.4. The van der Waals surface area contributed by atoms with Crippen molar-refractivity contribution in [2.45, 2.75) is 44.8 Å². The summed E-state index contributed by atoms with van der Waals surface area (Å²) in [5.74, 6) is 0.859. The van der Waals surface area contributed by atoms with Crippen LogP contribution < -0.4 is 10.5 Å². The predicted molar refractivity (Wildman–Crippen MR) is 118 cm³/mol. The largest absolute Gasteiger partial charge is 0.490 e. The number of likely N-dealkylation sites (N-methyl/N-ethyl adjacent to an activating group) is 1. The molecule has 2 aliphatic rings. The number of amides is 1. The minimum Gasteiger partial charge on any atom is -0.490 e. The molecule has 0 radical (unpaired) electrons. The molecule has 2 atom stereocenters. The van der Waals surface area contributed by atoms with Crippen LogP contribution in [0.4, 0.5) is 0 Å². The van der Waals surface area contributed by atoms with Crippen molar-refractivity contribution in [3.8, 4) is 16.9 Å². The van der Waals surface area contributed by atoms with Crippen LogP contribution in [-0.4, -0.2) is 43.6 Å². The van der Waals surface area contributed by atoms with E-state index >= 15 is 0 Å². The molecule has 2 aromatic rings. The van der Waals surface area contributed by atoms with Gasteiger partial charge in [-0.25, -0.2) is 4.99 Å². The smallest absolute Gasteiger partial charge is 0.261 e. The van der Waals surface area contributed by atoms with Gasteiger partial charge in [-0.05, 0) is 61.1 Å². The normalized spacial score (nSPS) is 22.8. The fourth-order valence-electron chi connectivity index (χ4n) is 4.47. The number of aliphatic imine (C=N–C) groups is 1. The Morgan fingerprint density at radius 2 is 2.10 bits per heavy atom.